The standard InChI is InChI=1S/C28H38N6O5S/c1-32-10-4-20-18-24(30-26(25(20)32)34-13-16-39-17-14-34)31-27(36)22-3-2-21(40(37,38)29-9-15-35)19-23(22)33-11-7-28(5-6-28)8-12-33/h2-3,18-19,29,35H,4-17H2,1H3,(H,30,31,36). The smallest absolute Gasteiger partial charge is 0.258 e. The second-order valence-corrected chi connectivity index (χ2v) is 13.1. The number of rotatable bonds is 8. The molecule has 0 atom stereocenters. The van der Waals surface area contributed by atoms with Gasteiger partial charge < -0.3 is 29.9 Å². The SMILES string of the molecule is CN1CCc2cc(NC(=O)c3ccc(S(=O)(=O)NCCO)cc3N3CCC4(CC3)CC4)nc(N3CCOCC3)c21. The number of anilines is 4. The first-order valence-corrected chi connectivity index (χ1v) is 15.7. The maximum atomic E-state index is 13.8. The number of nitrogens with zero attached hydrogens (tertiary/aromatic N) is 4. The van der Waals surface area contributed by atoms with Gasteiger partial charge in [0.05, 0.1) is 41.7 Å². The molecule has 0 bridgehead atoms. The van der Waals surface area contributed by atoms with E-state index < -0.39 is 10.0 Å². The number of aliphatic hydroxyl groups is 1. The van der Waals surface area contributed by atoms with Gasteiger partial charge in [-0.1, -0.05) is 0 Å². The van der Waals surface area contributed by atoms with Crippen LogP contribution in [0.4, 0.5) is 23.0 Å². The summed E-state index contributed by atoms with van der Waals surface area (Å²) in [5.41, 5.74) is 3.71. The van der Waals surface area contributed by atoms with Crippen molar-refractivity contribution in [2.75, 3.05) is 86.2 Å². The molecule has 40 heavy (non-hydrogen) atoms. The Bertz CT molecular complexity index is 1380. The lowest BCUT2D eigenvalue weighted by Crippen LogP contribution is -2.38. The zero-order valence-electron chi connectivity index (χ0n) is 23.0. The van der Waals surface area contributed by atoms with Crippen molar-refractivity contribution >= 4 is 38.9 Å². The Hall–Kier alpha value is -2.93. The highest BCUT2D eigenvalue weighted by atomic mass is 32.2. The number of piperidine rings is 1. The Kier molecular flexibility index (Phi) is 7.36. The van der Waals surface area contributed by atoms with Crippen LogP contribution in [0.2, 0.25) is 0 Å². The Balaban J connectivity index is 1.31. The molecule has 0 radical (unpaired) electrons. The van der Waals surface area contributed by atoms with Gasteiger partial charge in [-0.15, -0.1) is 0 Å². The Morgan fingerprint density at radius 3 is 2.50 bits per heavy atom. The molecule has 4 aliphatic rings. The molecule has 12 heteroatoms. The molecule has 6 rings (SSSR count). The van der Waals surface area contributed by atoms with Gasteiger partial charge in [0.2, 0.25) is 10.0 Å². The molecular weight excluding hydrogens is 532 g/mol. The maximum Gasteiger partial charge on any atom is 0.258 e. The summed E-state index contributed by atoms with van der Waals surface area (Å²) in [6.45, 7) is 4.84. The topological polar surface area (TPSA) is 127 Å². The minimum atomic E-state index is -3.83. The minimum absolute atomic E-state index is 0.0726. The number of morpholine rings is 1. The molecule has 1 aromatic carbocycles. The van der Waals surface area contributed by atoms with Crippen molar-refractivity contribution in [3.63, 3.8) is 0 Å². The number of fused-ring (bicyclic) bond motifs is 1. The number of nitrogens with one attached hydrogen (secondary N) is 2. The molecule has 3 fully saturated rings. The van der Waals surface area contributed by atoms with Crippen LogP contribution in [-0.4, -0.2) is 90.6 Å². The largest absolute Gasteiger partial charge is 0.395 e. The predicted octanol–water partition coefficient (Wildman–Crippen LogP) is 1.81. The molecule has 11 nitrogen and oxygen atoms in total. The summed E-state index contributed by atoms with van der Waals surface area (Å²) in [5.74, 6) is 1.03. The first-order valence-electron chi connectivity index (χ1n) is 14.2. The van der Waals surface area contributed by atoms with Crippen LogP contribution >= 0.6 is 0 Å². The zero-order valence-corrected chi connectivity index (χ0v) is 23.8. The molecule has 3 N–H and O–H groups in total. The number of ether oxygens (including phenoxy) is 1. The molecule has 1 spiro atoms. The molecule has 216 valence electrons. The van der Waals surface area contributed by atoms with Gasteiger partial charge in [0.15, 0.2) is 5.82 Å². The first-order chi connectivity index (χ1) is 19.3. The fourth-order valence-electron chi connectivity index (χ4n) is 6.12. The highest BCUT2D eigenvalue weighted by Crippen LogP contribution is 2.54. The molecule has 0 unspecified atom stereocenters. The molecule has 1 aliphatic carbocycles. The van der Waals surface area contributed by atoms with Crippen LogP contribution < -0.4 is 24.7 Å². The molecule has 1 aromatic heterocycles. The normalized spacial score (nSPS) is 20.1. The number of hydrogen-bond donors (Lipinski definition) is 3. The van der Waals surface area contributed by atoms with E-state index in [9.17, 15) is 13.2 Å². The van der Waals surface area contributed by atoms with Crippen molar-refractivity contribution < 1.29 is 23.1 Å². The fraction of sp³-hybridized carbons (Fsp3) is 0.571. The van der Waals surface area contributed by atoms with Crippen molar-refractivity contribution in [3.05, 3.63) is 35.4 Å². The molecule has 2 aromatic rings. The number of likely N-dealkylation sites (N-methyl/N-ethyl adjacent to an activating group) is 1. The number of carbonyl (C=O) groups excluding carboxylic acids is 1. The van der Waals surface area contributed by atoms with Crippen molar-refractivity contribution in [2.24, 2.45) is 5.41 Å². The van der Waals surface area contributed by atoms with Gasteiger partial charge in [0, 0.05) is 46.3 Å². The van der Waals surface area contributed by atoms with Gasteiger partial charge in [0.1, 0.15) is 5.82 Å². The van der Waals surface area contributed by atoms with Gasteiger partial charge in [-0.05, 0) is 67.3 Å². The van der Waals surface area contributed by atoms with Crippen molar-refractivity contribution in [2.45, 2.75) is 37.0 Å². The number of amides is 1. The van der Waals surface area contributed by atoms with E-state index in [0.717, 1.165) is 69.1 Å². The van der Waals surface area contributed by atoms with E-state index in [1.807, 2.05) is 6.07 Å². The lowest BCUT2D eigenvalue weighted by molar-refractivity contribution is 0.102. The number of hydrogen-bond acceptors (Lipinski definition) is 9. The van der Waals surface area contributed by atoms with E-state index in [-0.39, 0.29) is 24.0 Å². The highest BCUT2D eigenvalue weighted by Gasteiger charge is 2.44. The molecular formula is C28H38N6O5S. The average molecular weight is 571 g/mol. The number of pyridine rings is 1. The number of aromatic nitrogens is 1. The second-order valence-electron chi connectivity index (χ2n) is 11.4. The quantitative estimate of drug-likeness (QED) is 0.436. The van der Waals surface area contributed by atoms with Crippen LogP contribution in [-0.2, 0) is 21.2 Å². The molecule has 3 aliphatic heterocycles. The van der Waals surface area contributed by atoms with Gasteiger partial charge in [-0.3, -0.25) is 4.79 Å². The summed E-state index contributed by atoms with van der Waals surface area (Å²) in [7, 11) is -1.76. The number of carbonyl (C=O) groups is 1. The molecule has 2 saturated heterocycles. The summed E-state index contributed by atoms with van der Waals surface area (Å²) in [6, 6.07) is 6.58. The van der Waals surface area contributed by atoms with E-state index in [1.165, 1.54) is 18.9 Å². The Morgan fingerprint density at radius 2 is 1.80 bits per heavy atom. The number of aliphatic hydroxyl groups excluding tert-OH is 1. The summed E-state index contributed by atoms with van der Waals surface area (Å²) < 4.78 is 33.7. The third kappa shape index (κ3) is 5.37. The number of sulfonamides is 1. The van der Waals surface area contributed by atoms with Crippen LogP contribution in [0.25, 0.3) is 0 Å². The van der Waals surface area contributed by atoms with Crippen molar-refractivity contribution in [1.82, 2.24) is 9.71 Å². The maximum absolute atomic E-state index is 13.8. The summed E-state index contributed by atoms with van der Waals surface area (Å²) >= 11 is 0. The van der Waals surface area contributed by atoms with Crippen molar-refractivity contribution in [3.8, 4) is 0 Å². The zero-order chi connectivity index (χ0) is 27.9. The highest BCUT2D eigenvalue weighted by molar-refractivity contribution is 7.89. The van der Waals surface area contributed by atoms with Crippen molar-refractivity contribution in [1.29, 1.82) is 0 Å². The van der Waals surface area contributed by atoms with E-state index in [1.54, 1.807) is 12.1 Å². The third-order valence-electron chi connectivity index (χ3n) is 8.75. The van der Waals surface area contributed by atoms with E-state index >= 15 is 0 Å². The minimum Gasteiger partial charge on any atom is -0.395 e. The van der Waals surface area contributed by atoms with Crippen LogP contribution in [0.1, 0.15) is 41.6 Å². The summed E-state index contributed by atoms with van der Waals surface area (Å²) in [5, 5.41) is 12.1. The number of benzene rings is 1. The van der Waals surface area contributed by atoms with Gasteiger partial charge in [-0.2, -0.15) is 0 Å². The van der Waals surface area contributed by atoms with Crippen LogP contribution in [0.15, 0.2) is 29.2 Å². The van der Waals surface area contributed by atoms with Gasteiger partial charge in [0.25, 0.3) is 5.91 Å². The average Bonchev–Trinajstić information content (AvgIpc) is 3.62. The first kappa shape index (κ1) is 27.3. The van der Waals surface area contributed by atoms with E-state index in [2.05, 4.69) is 31.8 Å². The van der Waals surface area contributed by atoms with E-state index in [4.69, 9.17) is 14.8 Å². The summed E-state index contributed by atoms with van der Waals surface area (Å²) in [6.07, 6.45) is 5.45. The monoisotopic (exact) mass is 570 g/mol. The second kappa shape index (κ2) is 10.8. The Morgan fingerprint density at radius 1 is 1.05 bits per heavy atom. The lowest BCUT2D eigenvalue weighted by atomic mass is 9.93. The molecule has 1 saturated carbocycles. The fourth-order valence-corrected chi connectivity index (χ4v) is 7.16. The van der Waals surface area contributed by atoms with E-state index in [0.29, 0.717) is 35.7 Å². The van der Waals surface area contributed by atoms with Gasteiger partial charge >= 0.3 is 0 Å². The summed E-state index contributed by atoms with van der Waals surface area (Å²) in [4.78, 5) is 25.3. The molecule has 1 amide bonds. The van der Waals surface area contributed by atoms with Crippen LogP contribution in [0.3, 0.4) is 0 Å². The Labute approximate surface area is 235 Å². The predicted molar refractivity (Wildman–Crippen MR) is 154 cm³/mol. The van der Waals surface area contributed by atoms with Gasteiger partial charge in [-0.25, -0.2) is 18.1 Å². The van der Waals surface area contributed by atoms with Crippen LogP contribution in [0.5, 0.6) is 0 Å². The third-order valence-corrected chi connectivity index (χ3v) is 10.2. The molecule has 4 heterocycles. The lowest BCUT2D eigenvalue weighted by Gasteiger charge is -2.35. The van der Waals surface area contributed by atoms with Crippen LogP contribution in [0, 0.1) is 5.41 Å².